The first kappa shape index (κ1) is 13.7. The summed E-state index contributed by atoms with van der Waals surface area (Å²) in [4.78, 5) is 11.8. The fourth-order valence-electron chi connectivity index (χ4n) is 1.77. The summed E-state index contributed by atoms with van der Waals surface area (Å²) in [6.45, 7) is 5.05. The van der Waals surface area contributed by atoms with Crippen molar-refractivity contribution in [2.24, 2.45) is 24.6 Å². The van der Waals surface area contributed by atoms with Gasteiger partial charge in [-0.15, -0.1) is 0 Å². The summed E-state index contributed by atoms with van der Waals surface area (Å²) in [6.07, 6.45) is 2.55. The zero-order valence-electron chi connectivity index (χ0n) is 10.8. The molecule has 1 aromatic rings. The first-order valence-electron chi connectivity index (χ1n) is 6.01. The number of carbonyl (C=O) groups is 1. The largest absolute Gasteiger partial charge is 0.355 e. The average Bonchev–Trinajstić information content (AvgIpc) is 2.65. The normalized spacial score (nSPS) is 12.8. The van der Waals surface area contributed by atoms with Crippen molar-refractivity contribution in [1.82, 2.24) is 15.1 Å². The topological polar surface area (TPSA) is 72.9 Å². The summed E-state index contributed by atoms with van der Waals surface area (Å²) >= 11 is 0. The van der Waals surface area contributed by atoms with Gasteiger partial charge in [-0.05, 0) is 12.0 Å². The van der Waals surface area contributed by atoms with Gasteiger partial charge in [0.15, 0.2) is 0 Å². The molecule has 0 aliphatic carbocycles. The van der Waals surface area contributed by atoms with E-state index in [1.807, 2.05) is 31.6 Å². The Kier molecular flexibility index (Phi) is 5.15. The third-order valence-corrected chi connectivity index (χ3v) is 3.00. The predicted octanol–water partition coefficient (Wildman–Crippen LogP) is 0.310. The van der Waals surface area contributed by atoms with E-state index in [2.05, 4.69) is 10.4 Å². The van der Waals surface area contributed by atoms with Gasteiger partial charge in [-0.25, -0.2) is 0 Å². The Morgan fingerprint density at radius 1 is 1.59 bits per heavy atom. The van der Waals surface area contributed by atoms with Crippen LogP contribution in [0.1, 0.15) is 19.5 Å². The van der Waals surface area contributed by atoms with E-state index in [0.717, 1.165) is 12.1 Å². The summed E-state index contributed by atoms with van der Waals surface area (Å²) in [5.74, 6) is 0.225. The molecule has 5 nitrogen and oxygen atoms in total. The lowest BCUT2D eigenvalue weighted by Gasteiger charge is -2.18. The van der Waals surface area contributed by atoms with Crippen LogP contribution in [0.4, 0.5) is 0 Å². The lowest BCUT2D eigenvalue weighted by atomic mass is 9.95. The maximum atomic E-state index is 11.8. The zero-order valence-corrected chi connectivity index (χ0v) is 10.8. The van der Waals surface area contributed by atoms with Gasteiger partial charge >= 0.3 is 0 Å². The highest BCUT2D eigenvalue weighted by Gasteiger charge is 2.19. The minimum Gasteiger partial charge on any atom is -0.355 e. The number of amides is 1. The van der Waals surface area contributed by atoms with Gasteiger partial charge in [-0.3, -0.25) is 9.48 Å². The Balaban J connectivity index is 2.36. The number of aryl methyl sites for hydroxylation is 1. The van der Waals surface area contributed by atoms with Crippen LogP contribution in [0.3, 0.4) is 0 Å². The van der Waals surface area contributed by atoms with Crippen molar-refractivity contribution >= 4 is 5.91 Å². The van der Waals surface area contributed by atoms with Crippen molar-refractivity contribution in [3.63, 3.8) is 0 Å². The van der Waals surface area contributed by atoms with Crippen LogP contribution in [0.5, 0.6) is 0 Å². The Bertz CT molecular complexity index is 359. The molecule has 0 saturated carbocycles. The highest BCUT2D eigenvalue weighted by Crippen LogP contribution is 2.08. The van der Waals surface area contributed by atoms with E-state index in [-0.39, 0.29) is 17.7 Å². The molecule has 1 rings (SSSR count). The molecule has 0 bridgehead atoms. The van der Waals surface area contributed by atoms with E-state index in [9.17, 15) is 4.79 Å². The van der Waals surface area contributed by atoms with Crippen LogP contribution in [0.15, 0.2) is 12.3 Å². The first-order chi connectivity index (χ1) is 8.06. The molecule has 0 aliphatic heterocycles. The minimum absolute atomic E-state index is 0.0460. The summed E-state index contributed by atoms with van der Waals surface area (Å²) in [5, 5.41) is 7.00. The molecule has 5 heteroatoms. The summed E-state index contributed by atoms with van der Waals surface area (Å²) < 4.78 is 1.81. The number of rotatable bonds is 6. The second kappa shape index (κ2) is 6.39. The summed E-state index contributed by atoms with van der Waals surface area (Å²) in [6, 6.07) is 1.95. The van der Waals surface area contributed by atoms with Gasteiger partial charge in [0.05, 0.1) is 5.92 Å². The van der Waals surface area contributed by atoms with E-state index in [1.54, 1.807) is 6.20 Å². The predicted molar refractivity (Wildman–Crippen MR) is 67.3 cm³/mol. The van der Waals surface area contributed by atoms with E-state index >= 15 is 0 Å². The fraction of sp³-hybridized carbons (Fsp3) is 0.667. The van der Waals surface area contributed by atoms with Crippen LogP contribution in [-0.2, 0) is 18.3 Å². The Morgan fingerprint density at radius 3 is 2.76 bits per heavy atom. The Morgan fingerprint density at radius 2 is 2.29 bits per heavy atom. The van der Waals surface area contributed by atoms with Gasteiger partial charge in [0.25, 0.3) is 0 Å². The van der Waals surface area contributed by atoms with Crippen molar-refractivity contribution < 1.29 is 4.79 Å². The van der Waals surface area contributed by atoms with E-state index in [1.165, 1.54) is 0 Å². The van der Waals surface area contributed by atoms with Crippen molar-refractivity contribution in [2.75, 3.05) is 13.1 Å². The number of nitrogens with two attached hydrogens (primary N) is 1. The first-order valence-corrected chi connectivity index (χ1v) is 6.01. The lowest BCUT2D eigenvalue weighted by Crippen LogP contribution is -2.38. The molecule has 17 heavy (non-hydrogen) atoms. The molecule has 1 amide bonds. The van der Waals surface area contributed by atoms with Crippen LogP contribution in [-0.4, -0.2) is 28.8 Å². The molecule has 0 fully saturated rings. The van der Waals surface area contributed by atoms with Crippen molar-refractivity contribution in [3.8, 4) is 0 Å². The van der Waals surface area contributed by atoms with Gasteiger partial charge in [0, 0.05) is 38.4 Å². The molecule has 1 unspecified atom stereocenters. The molecule has 96 valence electrons. The minimum atomic E-state index is -0.0958. The number of hydrogen-bond acceptors (Lipinski definition) is 3. The number of hydrogen-bond donors (Lipinski definition) is 2. The van der Waals surface area contributed by atoms with Crippen LogP contribution in [0.2, 0.25) is 0 Å². The molecule has 1 heterocycles. The monoisotopic (exact) mass is 238 g/mol. The van der Waals surface area contributed by atoms with Crippen LogP contribution >= 0.6 is 0 Å². The van der Waals surface area contributed by atoms with Gasteiger partial charge < -0.3 is 11.1 Å². The van der Waals surface area contributed by atoms with E-state index in [4.69, 9.17) is 5.73 Å². The Hall–Kier alpha value is -1.36. The quantitative estimate of drug-likeness (QED) is 0.749. The molecule has 0 saturated heterocycles. The number of carbonyl (C=O) groups excluding carboxylic acids is 1. The maximum absolute atomic E-state index is 11.8. The van der Waals surface area contributed by atoms with Gasteiger partial charge in [0.1, 0.15) is 0 Å². The number of nitrogens with one attached hydrogen (secondary N) is 1. The van der Waals surface area contributed by atoms with Crippen molar-refractivity contribution in [1.29, 1.82) is 0 Å². The van der Waals surface area contributed by atoms with Gasteiger partial charge in [-0.1, -0.05) is 13.8 Å². The fourth-order valence-corrected chi connectivity index (χ4v) is 1.77. The molecule has 0 aliphatic rings. The maximum Gasteiger partial charge on any atom is 0.224 e. The molecule has 3 N–H and O–H groups in total. The third-order valence-electron chi connectivity index (χ3n) is 3.00. The van der Waals surface area contributed by atoms with Gasteiger partial charge in [0.2, 0.25) is 5.91 Å². The summed E-state index contributed by atoms with van der Waals surface area (Å²) in [5.41, 5.74) is 6.70. The lowest BCUT2D eigenvalue weighted by molar-refractivity contribution is -0.125. The van der Waals surface area contributed by atoms with Gasteiger partial charge in [-0.2, -0.15) is 5.10 Å². The molecule has 1 atom stereocenters. The molecule has 0 radical (unpaired) electrons. The SMILES string of the molecule is CC(C)C(CN)C(=O)NCCc1ccnn1C. The van der Waals surface area contributed by atoms with Crippen LogP contribution < -0.4 is 11.1 Å². The Labute approximate surface area is 102 Å². The summed E-state index contributed by atoms with van der Waals surface area (Å²) in [7, 11) is 1.90. The van der Waals surface area contributed by atoms with Crippen molar-refractivity contribution in [3.05, 3.63) is 18.0 Å². The zero-order chi connectivity index (χ0) is 12.8. The highest BCUT2D eigenvalue weighted by molar-refractivity contribution is 5.79. The average molecular weight is 238 g/mol. The van der Waals surface area contributed by atoms with E-state index < -0.39 is 0 Å². The standard InChI is InChI=1S/C12H22N4O/c1-9(2)11(8-13)12(17)14-6-4-10-5-7-15-16(10)3/h5,7,9,11H,4,6,8,13H2,1-3H3,(H,14,17). The second-order valence-corrected chi connectivity index (χ2v) is 4.57. The molecule has 0 aromatic carbocycles. The molecule has 0 spiro atoms. The highest BCUT2D eigenvalue weighted by atomic mass is 16.1. The number of nitrogens with zero attached hydrogens (tertiary/aromatic N) is 2. The van der Waals surface area contributed by atoms with Crippen molar-refractivity contribution in [2.45, 2.75) is 20.3 Å². The molecule has 1 aromatic heterocycles. The molecular weight excluding hydrogens is 216 g/mol. The van der Waals surface area contributed by atoms with Crippen LogP contribution in [0.25, 0.3) is 0 Å². The second-order valence-electron chi connectivity index (χ2n) is 4.57. The molecular formula is C12H22N4O. The number of aromatic nitrogens is 2. The van der Waals surface area contributed by atoms with Crippen LogP contribution in [0, 0.1) is 11.8 Å². The third kappa shape index (κ3) is 3.85. The van der Waals surface area contributed by atoms with E-state index in [0.29, 0.717) is 13.1 Å². The smallest absolute Gasteiger partial charge is 0.224 e.